The summed E-state index contributed by atoms with van der Waals surface area (Å²) in [6.07, 6.45) is 2.61. The van der Waals surface area contributed by atoms with Gasteiger partial charge in [-0.05, 0) is 30.7 Å². The van der Waals surface area contributed by atoms with Crippen LogP contribution in [0.25, 0.3) is 0 Å². The molecule has 0 spiro atoms. The molecule has 0 bridgehead atoms. The number of hydrogen-bond acceptors (Lipinski definition) is 7. The number of pyridine rings is 1. The monoisotopic (exact) mass is 523 g/mol. The Balaban J connectivity index is 1.76. The number of carbonyl (C=O) groups is 3. The van der Waals surface area contributed by atoms with Crippen molar-refractivity contribution in [1.82, 2.24) is 20.5 Å². The molecule has 36 heavy (non-hydrogen) atoms. The normalized spacial score (nSPS) is 22.5. The van der Waals surface area contributed by atoms with Crippen LogP contribution in [0.15, 0.2) is 18.3 Å². The van der Waals surface area contributed by atoms with Crippen LogP contribution < -0.4 is 21.1 Å². The number of halogens is 1. The minimum atomic E-state index is -1.39. The number of amides is 3. The Bertz CT molecular complexity index is 934. The standard InChI is InChI=1S/C25H38ClN5O5/c1-5-6-17(20(32)23(34)29-15-8-9-15)30-22(33)18-11-16(36-19-10-7-14(26)12-28-19)13-31(18)24(35)21(27)25(2,3)4/h7,10,12,15-18,20-21,32H,5-6,8-9,11,13,27H2,1-4H3,(H,29,34)(H,30,33)/t16-,17+,18+,20?,21-/m1/s1. The van der Waals surface area contributed by atoms with Gasteiger partial charge < -0.3 is 31.1 Å². The van der Waals surface area contributed by atoms with Crippen LogP contribution >= 0.6 is 11.6 Å². The van der Waals surface area contributed by atoms with Gasteiger partial charge in [0.2, 0.25) is 17.7 Å². The van der Waals surface area contributed by atoms with Crippen molar-refractivity contribution in [2.45, 2.75) is 96.2 Å². The lowest BCUT2D eigenvalue weighted by atomic mass is 9.86. The average molecular weight is 524 g/mol. The molecule has 1 aliphatic heterocycles. The number of aromatic nitrogens is 1. The molecule has 10 nitrogen and oxygen atoms in total. The number of aliphatic hydroxyl groups excluding tert-OH is 1. The number of nitrogens with two attached hydrogens (primary N) is 1. The van der Waals surface area contributed by atoms with Crippen molar-refractivity contribution in [3.63, 3.8) is 0 Å². The van der Waals surface area contributed by atoms with E-state index in [4.69, 9.17) is 22.1 Å². The van der Waals surface area contributed by atoms with E-state index < -0.39 is 47.6 Å². The van der Waals surface area contributed by atoms with Crippen LogP contribution in [0.3, 0.4) is 0 Å². The molecule has 2 fully saturated rings. The number of hydrogen-bond donors (Lipinski definition) is 4. The highest BCUT2D eigenvalue weighted by Gasteiger charge is 2.45. The largest absolute Gasteiger partial charge is 0.472 e. The number of likely N-dealkylation sites (tertiary alicyclic amines) is 1. The summed E-state index contributed by atoms with van der Waals surface area (Å²) in [5.41, 5.74) is 5.74. The minimum Gasteiger partial charge on any atom is -0.472 e. The number of ether oxygens (including phenoxy) is 1. The third kappa shape index (κ3) is 7.30. The van der Waals surface area contributed by atoms with Crippen LogP contribution in [0.5, 0.6) is 5.88 Å². The number of carbonyl (C=O) groups excluding carboxylic acids is 3. The van der Waals surface area contributed by atoms with Crippen LogP contribution in [0.2, 0.25) is 5.02 Å². The molecule has 0 radical (unpaired) electrons. The van der Waals surface area contributed by atoms with Gasteiger partial charge in [-0.2, -0.15) is 0 Å². The number of nitrogens with one attached hydrogen (secondary N) is 2. The fraction of sp³-hybridized carbons (Fsp3) is 0.680. The number of rotatable bonds is 10. The molecule has 0 aromatic carbocycles. The Morgan fingerprint density at radius 1 is 1.31 bits per heavy atom. The third-order valence-electron chi connectivity index (χ3n) is 6.54. The fourth-order valence-electron chi connectivity index (χ4n) is 4.12. The summed E-state index contributed by atoms with van der Waals surface area (Å²) in [6.45, 7) is 7.63. The quantitative estimate of drug-likeness (QED) is 0.362. The average Bonchev–Trinajstić information content (AvgIpc) is 3.54. The maximum Gasteiger partial charge on any atom is 0.251 e. The van der Waals surface area contributed by atoms with Gasteiger partial charge in [-0.25, -0.2) is 4.98 Å². The van der Waals surface area contributed by atoms with Crippen molar-refractivity contribution in [3.8, 4) is 5.88 Å². The Kier molecular flexibility index (Phi) is 9.18. The number of aliphatic hydroxyl groups is 1. The van der Waals surface area contributed by atoms with Crippen LogP contribution in [-0.2, 0) is 14.4 Å². The van der Waals surface area contributed by atoms with Crippen molar-refractivity contribution in [3.05, 3.63) is 23.4 Å². The molecular weight excluding hydrogens is 486 g/mol. The second kappa shape index (κ2) is 11.7. The Labute approximate surface area is 217 Å². The van der Waals surface area contributed by atoms with Gasteiger partial charge in [-0.3, -0.25) is 14.4 Å². The summed E-state index contributed by atoms with van der Waals surface area (Å²) in [5.74, 6) is -0.998. The molecule has 1 unspecified atom stereocenters. The van der Waals surface area contributed by atoms with E-state index in [1.165, 1.54) is 11.1 Å². The molecule has 2 aliphatic rings. The van der Waals surface area contributed by atoms with Gasteiger partial charge in [0.25, 0.3) is 5.91 Å². The van der Waals surface area contributed by atoms with Crippen LogP contribution in [0.1, 0.15) is 59.8 Å². The van der Waals surface area contributed by atoms with E-state index in [2.05, 4.69) is 15.6 Å². The van der Waals surface area contributed by atoms with Crippen molar-refractivity contribution in [2.24, 2.45) is 11.1 Å². The van der Waals surface area contributed by atoms with E-state index in [0.717, 1.165) is 12.8 Å². The van der Waals surface area contributed by atoms with Crippen LogP contribution in [0, 0.1) is 5.41 Å². The summed E-state index contributed by atoms with van der Waals surface area (Å²) in [7, 11) is 0. The first kappa shape index (κ1) is 28.1. The van der Waals surface area contributed by atoms with E-state index in [9.17, 15) is 19.5 Å². The molecule has 5 atom stereocenters. The van der Waals surface area contributed by atoms with Crippen molar-refractivity contribution >= 4 is 29.3 Å². The minimum absolute atomic E-state index is 0.0892. The van der Waals surface area contributed by atoms with E-state index in [0.29, 0.717) is 23.7 Å². The van der Waals surface area contributed by atoms with Gasteiger partial charge in [-0.15, -0.1) is 0 Å². The Morgan fingerprint density at radius 2 is 2.00 bits per heavy atom. The summed E-state index contributed by atoms with van der Waals surface area (Å²) in [5, 5.41) is 16.7. The molecule has 1 aromatic heterocycles. The summed E-state index contributed by atoms with van der Waals surface area (Å²) in [4.78, 5) is 44.8. The molecule has 1 aliphatic carbocycles. The van der Waals surface area contributed by atoms with Crippen molar-refractivity contribution in [1.29, 1.82) is 0 Å². The zero-order chi connectivity index (χ0) is 26.6. The molecule has 2 heterocycles. The maximum absolute atomic E-state index is 13.4. The van der Waals surface area contributed by atoms with E-state index in [1.807, 2.05) is 27.7 Å². The summed E-state index contributed by atoms with van der Waals surface area (Å²) in [6, 6.07) is 0.862. The zero-order valence-corrected chi connectivity index (χ0v) is 22.1. The van der Waals surface area contributed by atoms with E-state index >= 15 is 0 Å². The lowest BCUT2D eigenvalue weighted by molar-refractivity contribution is -0.142. The maximum atomic E-state index is 13.4. The lowest BCUT2D eigenvalue weighted by Crippen LogP contribution is -2.58. The first-order chi connectivity index (χ1) is 16.9. The molecular formula is C25H38ClN5O5. The smallest absolute Gasteiger partial charge is 0.251 e. The first-order valence-corrected chi connectivity index (χ1v) is 12.9. The molecule has 200 valence electrons. The fourth-order valence-corrected chi connectivity index (χ4v) is 4.23. The Hall–Kier alpha value is -2.43. The van der Waals surface area contributed by atoms with Gasteiger partial charge in [-0.1, -0.05) is 45.7 Å². The second-order valence-electron chi connectivity index (χ2n) is 10.8. The van der Waals surface area contributed by atoms with Crippen molar-refractivity contribution < 1.29 is 24.2 Å². The summed E-state index contributed by atoms with van der Waals surface area (Å²) >= 11 is 5.90. The zero-order valence-electron chi connectivity index (χ0n) is 21.4. The second-order valence-corrected chi connectivity index (χ2v) is 11.2. The van der Waals surface area contributed by atoms with Crippen molar-refractivity contribution in [2.75, 3.05) is 6.54 Å². The first-order valence-electron chi connectivity index (χ1n) is 12.5. The molecule has 11 heteroatoms. The number of nitrogens with zero attached hydrogens (tertiary/aromatic N) is 2. The molecule has 3 amide bonds. The molecule has 5 N–H and O–H groups in total. The van der Waals surface area contributed by atoms with E-state index in [-0.39, 0.29) is 24.9 Å². The van der Waals surface area contributed by atoms with Gasteiger partial charge in [0, 0.05) is 24.7 Å². The van der Waals surface area contributed by atoms with Crippen LogP contribution in [-0.4, -0.2) is 75.6 Å². The molecule has 1 saturated heterocycles. The highest BCUT2D eigenvalue weighted by molar-refractivity contribution is 6.30. The summed E-state index contributed by atoms with van der Waals surface area (Å²) < 4.78 is 5.95. The van der Waals surface area contributed by atoms with Gasteiger partial charge in [0.1, 0.15) is 12.1 Å². The molecule has 1 aromatic rings. The van der Waals surface area contributed by atoms with Crippen LogP contribution in [0.4, 0.5) is 0 Å². The Morgan fingerprint density at radius 3 is 2.56 bits per heavy atom. The topological polar surface area (TPSA) is 147 Å². The predicted octanol–water partition coefficient (Wildman–Crippen LogP) is 1.38. The predicted molar refractivity (Wildman–Crippen MR) is 135 cm³/mol. The van der Waals surface area contributed by atoms with Gasteiger partial charge in [0.05, 0.1) is 23.7 Å². The van der Waals surface area contributed by atoms with Gasteiger partial charge >= 0.3 is 0 Å². The lowest BCUT2D eigenvalue weighted by Gasteiger charge is -2.33. The highest BCUT2D eigenvalue weighted by atomic mass is 35.5. The third-order valence-corrected chi connectivity index (χ3v) is 6.76. The molecule has 3 rings (SSSR count). The SMILES string of the molecule is CCC[C@H](NC(=O)[C@@H]1C[C@@H](Oc2ccc(Cl)cn2)CN1C(=O)[C@@H](N)C(C)(C)C)C(O)C(=O)NC1CC1. The van der Waals surface area contributed by atoms with E-state index in [1.54, 1.807) is 12.1 Å². The highest BCUT2D eigenvalue weighted by Crippen LogP contribution is 2.27. The van der Waals surface area contributed by atoms with Gasteiger partial charge in [0.15, 0.2) is 6.10 Å². The molecule has 1 saturated carbocycles.